The van der Waals surface area contributed by atoms with Gasteiger partial charge in [-0.25, -0.2) is 12.7 Å². The topological polar surface area (TPSA) is 74.8 Å². The van der Waals surface area contributed by atoms with Crippen molar-refractivity contribution < 1.29 is 18.0 Å². The maximum atomic E-state index is 12.3. The van der Waals surface area contributed by atoms with E-state index in [9.17, 15) is 18.0 Å². The van der Waals surface area contributed by atoms with Crippen LogP contribution in [-0.2, 0) is 14.8 Å². The number of amides is 2. The number of likely N-dealkylation sites (tertiary alicyclic amines) is 1. The molecular formula is C15H18N2O4S. The summed E-state index contributed by atoms with van der Waals surface area (Å²) < 4.78 is 24.9. The fraction of sp³-hybridized carbons (Fsp3) is 0.467. The molecule has 3 rings (SSSR count). The molecule has 1 aromatic rings. The van der Waals surface area contributed by atoms with E-state index in [0.29, 0.717) is 11.3 Å². The molecule has 2 aliphatic heterocycles. The summed E-state index contributed by atoms with van der Waals surface area (Å²) in [6, 6.07) is 6.22. The minimum Gasteiger partial charge on any atom is -0.339 e. The number of rotatable bonds is 2. The summed E-state index contributed by atoms with van der Waals surface area (Å²) in [7, 11) is -3.60. The fourth-order valence-corrected chi connectivity index (χ4v) is 4.75. The van der Waals surface area contributed by atoms with E-state index < -0.39 is 21.8 Å². The largest absolute Gasteiger partial charge is 0.339 e. The first-order valence-corrected chi connectivity index (χ1v) is 8.97. The number of carbonyl (C=O) groups is 2. The normalized spacial score (nSPS) is 24.0. The van der Waals surface area contributed by atoms with Crippen molar-refractivity contribution >= 4 is 27.5 Å². The highest BCUT2D eigenvalue weighted by atomic mass is 32.2. The first-order valence-electron chi connectivity index (χ1n) is 7.36. The van der Waals surface area contributed by atoms with Gasteiger partial charge in [0.2, 0.25) is 15.9 Å². The van der Waals surface area contributed by atoms with E-state index in [1.165, 1.54) is 12.1 Å². The molecule has 0 saturated carbocycles. The van der Waals surface area contributed by atoms with Crippen LogP contribution in [0.25, 0.3) is 0 Å². The number of carbonyl (C=O) groups excluding carboxylic acids is 2. The average molecular weight is 322 g/mol. The quantitative estimate of drug-likeness (QED) is 0.821. The molecule has 0 aromatic heterocycles. The SMILES string of the molecule is C[C@@H]1CS(=O)(=O)N(c2ccc(C(=O)N3CCCC3)cc2)C1=O. The van der Waals surface area contributed by atoms with Crippen LogP contribution in [0.15, 0.2) is 24.3 Å². The monoisotopic (exact) mass is 322 g/mol. The van der Waals surface area contributed by atoms with Crippen molar-refractivity contribution in [2.45, 2.75) is 19.8 Å². The molecule has 2 fully saturated rings. The zero-order valence-corrected chi connectivity index (χ0v) is 13.2. The number of hydrogen-bond donors (Lipinski definition) is 0. The van der Waals surface area contributed by atoms with Crippen molar-refractivity contribution in [1.29, 1.82) is 0 Å². The summed E-state index contributed by atoms with van der Waals surface area (Å²) in [5.74, 6) is -1.16. The van der Waals surface area contributed by atoms with Gasteiger partial charge in [0.15, 0.2) is 0 Å². The van der Waals surface area contributed by atoms with E-state index in [0.717, 1.165) is 30.2 Å². The minimum atomic E-state index is -3.60. The highest BCUT2D eigenvalue weighted by molar-refractivity contribution is 7.94. The van der Waals surface area contributed by atoms with Crippen LogP contribution < -0.4 is 4.31 Å². The van der Waals surface area contributed by atoms with Gasteiger partial charge < -0.3 is 4.90 Å². The van der Waals surface area contributed by atoms with Crippen LogP contribution in [0.1, 0.15) is 30.1 Å². The summed E-state index contributed by atoms with van der Waals surface area (Å²) >= 11 is 0. The molecule has 6 nitrogen and oxygen atoms in total. The maximum Gasteiger partial charge on any atom is 0.253 e. The highest BCUT2D eigenvalue weighted by Crippen LogP contribution is 2.28. The Hall–Kier alpha value is -1.89. The zero-order chi connectivity index (χ0) is 15.9. The lowest BCUT2D eigenvalue weighted by molar-refractivity contribution is -0.119. The summed E-state index contributed by atoms with van der Waals surface area (Å²) in [5.41, 5.74) is 0.815. The molecular weight excluding hydrogens is 304 g/mol. The van der Waals surface area contributed by atoms with Crippen LogP contribution in [0.2, 0.25) is 0 Å². The number of sulfonamides is 1. The van der Waals surface area contributed by atoms with Crippen LogP contribution in [0.4, 0.5) is 5.69 Å². The standard InChI is InChI=1S/C15H18N2O4S/c1-11-10-22(20,21)17(14(11)18)13-6-4-12(5-7-13)15(19)16-8-2-3-9-16/h4-7,11H,2-3,8-10H2,1H3/t11-/m1/s1. The Kier molecular flexibility index (Phi) is 3.68. The van der Waals surface area contributed by atoms with Crippen LogP contribution >= 0.6 is 0 Å². The second kappa shape index (κ2) is 5.39. The summed E-state index contributed by atoms with van der Waals surface area (Å²) in [5, 5.41) is 0. The third-order valence-electron chi connectivity index (χ3n) is 4.10. The molecule has 2 saturated heterocycles. The lowest BCUT2D eigenvalue weighted by Gasteiger charge is -2.17. The van der Waals surface area contributed by atoms with Crippen LogP contribution in [0.5, 0.6) is 0 Å². The molecule has 2 heterocycles. The van der Waals surface area contributed by atoms with Crippen molar-refractivity contribution in [3.05, 3.63) is 29.8 Å². The van der Waals surface area contributed by atoms with E-state index >= 15 is 0 Å². The molecule has 0 bridgehead atoms. The van der Waals surface area contributed by atoms with Gasteiger partial charge >= 0.3 is 0 Å². The predicted octanol–water partition coefficient (Wildman–Crippen LogP) is 1.24. The first-order chi connectivity index (χ1) is 10.4. The Bertz CT molecular complexity index is 706. The Balaban J connectivity index is 1.85. The van der Waals surface area contributed by atoms with Gasteiger partial charge in [-0.3, -0.25) is 9.59 Å². The van der Waals surface area contributed by atoms with Crippen molar-refractivity contribution in [3.63, 3.8) is 0 Å². The third-order valence-corrected chi connectivity index (χ3v) is 5.97. The van der Waals surface area contributed by atoms with Gasteiger partial charge in [0.25, 0.3) is 5.91 Å². The van der Waals surface area contributed by atoms with E-state index in [1.807, 2.05) is 0 Å². The fourth-order valence-electron chi connectivity index (χ4n) is 2.93. The Labute approximate surface area is 129 Å². The van der Waals surface area contributed by atoms with Gasteiger partial charge in [-0.1, -0.05) is 6.92 Å². The average Bonchev–Trinajstić information content (AvgIpc) is 3.06. The zero-order valence-electron chi connectivity index (χ0n) is 12.4. The molecule has 0 unspecified atom stereocenters. The lowest BCUT2D eigenvalue weighted by atomic mass is 10.1. The van der Waals surface area contributed by atoms with Crippen molar-refractivity contribution in [3.8, 4) is 0 Å². The van der Waals surface area contributed by atoms with Gasteiger partial charge in [0.05, 0.1) is 17.4 Å². The summed E-state index contributed by atoms with van der Waals surface area (Å²) in [4.78, 5) is 26.1. The number of anilines is 1. The van der Waals surface area contributed by atoms with Gasteiger partial charge in [-0.05, 0) is 37.1 Å². The van der Waals surface area contributed by atoms with E-state index in [2.05, 4.69) is 0 Å². The van der Waals surface area contributed by atoms with Crippen molar-refractivity contribution in [1.82, 2.24) is 4.90 Å². The first kappa shape index (κ1) is 15.0. The molecule has 0 aliphatic carbocycles. The molecule has 1 aromatic carbocycles. The second-order valence-electron chi connectivity index (χ2n) is 5.83. The molecule has 2 aliphatic rings. The Morgan fingerprint density at radius 3 is 2.23 bits per heavy atom. The Morgan fingerprint density at radius 2 is 1.73 bits per heavy atom. The number of hydrogen-bond acceptors (Lipinski definition) is 4. The molecule has 1 atom stereocenters. The molecule has 7 heteroatoms. The summed E-state index contributed by atoms with van der Waals surface area (Å²) in [6.07, 6.45) is 2.03. The second-order valence-corrected chi connectivity index (χ2v) is 7.69. The predicted molar refractivity (Wildman–Crippen MR) is 82.0 cm³/mol. The van der Waals surface area contributed by atoms with E-state index in [1.54, 1.807) is 24.0 Å². The highest BCUT2D eigenvalue weighted by Gasteiger charge is 2.41. The van der Waals surface area contributed by atoms with Gasteiger partial charge in [-0.15, -0.1) is 0 Å². The molecule has 2 amide bonds. The maximum absolute atomic E-state index is 12.3. The van der Waals surface area contributed by atoms with Gasteiger partial charge in [0, 0.05) is 18.7 Å². The molecule has 22 heavy (non-hydrogen) atoms. The third kappa shape index (κ3) is 2.49. The van der Waals surface area contributed by atoms with Gasteiger partial charge in [0.1, 0.15) is 0 Å². The molecule has 118 valence electrons. The number of benzene rings is 1. The van der Waals surface area contributed by atoms with E-state index in [-0.39, 0.29) is 11.7 Å². The van der Waals surface area contributed by atoms with Crippen LogP contribution in [0.3, 0.4) is 0 Å². The Morgan fingerprint density at radius 1 is 1.14 bits per heavy atom. The molecule has 0 spiro atoms. The van der Waals surface area contributed by atoms with Crippen LogP contribution in [-0.4, -0.2) is 44.0 Å². The minimum absolute atomic E-state index is 0.0481. The summed E-state index contributed by atoms with van der Waals surface area (Å²) in [6.45, 7) is 3.12. The molecule has 0 radical (unpaired) electrons. The molecule has 0 N–H and O–H groups in total. The van der Waals surface area contributed by atoms with Crippen LogP contribution in [0, 0.1) is 5.92 Å². The number of nitrogens with zero attached hydrogens (tertiary/aromatic N) is 2. The van der Waals surface area contributed by atoms with Crippen molar-refractivity contribution in [2.24, 2.45) is 5.92 Å². The lowest BCUT2D eigenvalue weighted by Crippen LogP contribution is -2.30. The van der Waals surface area contributed by atoms with E-state index in [4.69, 9.17) is 0 Å². The van der Waals surface area contributed by atoms with Crippen molar-refractivity contribution in [2.75, 3.05) is 23.1 Å². The smallest absolute Gasteiger partial charge is 0.253 e. The van der Waals surface area contributed by atoms with Gasteiger partial charge in [-0.2, -0.15) is 0 Å².